The summed E-state index contributed by atoms with van der Waals surface area (Å²) in [5.41, 5.74) is 1.01. The summed E-state index contributed by atoms with van der Waals surface area (Å²) in [6.45, 7) is 17.6. The van der Waals surface area contributed by atoms with E-state index in [4.69, 9.17) is 9.47 Å². The molecule has 0 aliphatic carbocycles. The van der Waals surface area contributed by atoms with Gasteiger partial charge in [0.25, 0.3) is 0 Å². The number of carbonyl (C=O) groups excluding carboxylic acids is 4. The fraction of sp³-hybridized carbons (Fsp3) is 0.738. The molecule has 1 aromatic carbocycles. The lowest BCUT2D eigenvalue weighted by Crippen LogP contribution is -2.61. The third-order valence-corrected chi connectivity index (χ3v) is 12.2. The van der Waals surface area contributed by atoms with Crippen molar-refractivity contribution in [3.8, 4) is 0 Å². The van der Waals surface area contributed by atoms with Crippen LogP contribution in [0.1, 0.15) is 91.6 Å². The molecule has 58 heavy (non-hydrogen) atoms. The Bertz CT molecular complexity index is 1570. The van der Waals surface area contributed by atoms with Gasteiger partial charge in [-0.1, -0.05) is 90.4 Å². The molecule has 0 radical (unpaired) electrons. The number of nitrogens with one attached hydrogen (secondary N) is 4. The molecule has 0 bridgehead atoms. The van der Waals surface area contributed by atoms with Crippen molar-refractivity contribution in [2.45, 2.75) is 123 Å². The lowest BCUT2D eigenvalue weighted by atomic mass is 9.89. The Kier molecular flexibility index (Phi) is 18.0. The minimum absolute atomic E-state index is 0.0210. The van der Waals surface area contributed by atoms with Gasteiger partial charge >= 0.3 is 0 Å². The van der Waals surface area contributed by atoms with Crippen molar-refractivity contribution in [1.82, 2.24) is 51.3 Å². The van der Waals surface area contributed by atoms with E-state index < -0.39 is 36.3 Å². The number of carbonyl (C=O) groups is 4. The minimum atomic E-state index is -0.758. The van der Waals surface area contributed by atoms with E-state index in [0.717, 1.165) is 44.6 Å². The van der Waals surface area contributed by atoms with Gasteiger partial charge in [-0.15, -0.1) is 10.2 Å². The Labute approximate surface area is 345 Å². The zero-order chi connectivity index (χ0) is 42.5. The molecule has 4 amide bonds. The second-order valence-electron chi connectivity index (χ2n) is 16.8. The molecule has 0 saturated carbocycles. The number of nitrogens with zero attached hydrogens (tertiary/aromatic N) is 6. The molecule has 4 N–H and O–H groups in total. The first-order chi connectivity index (χ1) is 27.7. The Morgan fingerprint density at radius 3 is 2.19 bits per heavy atom. The highest BCUT2D eigenvalue weighted by atomic mass is 16.5. The maximum atomic E-state index is 14.5. The third kappa shape index (κ3) is 11.8. The van der Waals surface area contributed by atoms with E-state index in [1.165, 1.54) is 0 Å². The summed E-state index contributed by atoms with van der Waals surface area (Å²) in [4.78, 5) is 62.3. The molecule has 0 spiro atoms. The standard InChI is InChI=1S/C42H70N10O6/c1-11-28(6)37(50(8)42(56)35(26(2)3)45-41(55)36(27(4)5)51-22-19-43-20-23-51)33(57-9)25-34(53)52-21-15-18-32(52)38(58-10)29(7)40(54)44-31(39-46-48-49-47-39)24-30-16-13-12-14-17-30/h12-14,16-17,26-29,31-33,35-38,43H,11,15,18-25H2,1-10H3,(H,44,54)(H,45,55)(H,46,47,48,49)/t28-,29+,31-,32-,33?,35-,36-,37-,38+/m0/s1. The third-order valence-electron chi connectivity index (χ3n) is 12.2. The molecule has 324 valence electrons. The molecule has 2 fully saturated rings. The molecule has 16 nitrogen and oxygen atoms in total. The maximum absolute atomic E-state index is 14.5. The number of tetrazole rings is 1. The van der Waals surface area contributed by atoms with Gasteiger partial charge in [0, 0.05) is 60.4 Å². The average molecular weight is 811 g/mol. The lowest BCUT2D eigenvalue weighted by Gasteiger charge is -2.41. The SMILES string of the molecule is CC[C@H](C)[C@@H](C(CC(=O)N1CCC[C@H]1[C@H](OC)[C@@H](C)C(=O)N[C@@H](Cc1ccccc1)c1nn[nH]n1)OC)N(C)C(=O)[C@@H](NC(=O)[C@H](C(C)C)N1CCNCC1)C(C)C. The van der Waals surface area contributed by atoms with Crippen molar-refractivity contribution in [3.05, 3.63) is 41.7 Å². The first kappa shape index (κ1) is 46.7. The van der Waals surface area contributed by atoms with E-state index >= 15 is 0 Å². The summed E-state index contributed by atoms with van der Waals surface area (Å²) < 4.78 is 12.1. The quantitative estimate of drug-likeness (QED) is 0.145. The maximum Gasteiger partial charge on any atom is 0.245 e. The number of likely N-dealkylation sites (N-methyl/N-ethyl adjacent to an activating group) is 1. The Morgan fingerprint density at radius 1 is 0.931 bits per heavy atom. The monoisotopic (exact) mass is 811 g/mol. The van der Waals surface area contributed by atoms with Crippen molar-refractivity contribution in [3.63, 3.8) is 0 Å². The molecule has 1 unspecified atom stereocenters. The van der Waals surface area contributed by atoms with E-state index in [9.17, 15) is 19.2 Å². The molecule has 2 aliphatic heterocycles. The van der Waals surface area contributed by atoms with Crippen LogP contribution >= 0.6 is 0 Å². The Hall–Kier alpha value is -3.99. The zero-order valence-corrected chi connectivity index (χ0v) is 36.4. The summed E-state index contributed by atoms with van der Waals surface area (Å²) >= 11 is 0. The van der Waals surface area contributed by atoms with Crippen molar-refractivity contribution in [2.75, 3.05) is 54.0 Å². The molecule has 9 atom stereocenters. The highest BCUT2D eigenvalue weighted by Gasteiger charge is 2.43. The molecule has 2 aliphatic rings. The highest BCUT2D eigenvalue weighted by molar-refractivity contribution is 5.90. The summed E-state index contributed by atoms with van der Waals surface area (Å²) in [5.74, 6) is -1.11. The first-order valence-electron chi connectivity index (χ1n) is 21.2. The van der Waals surface area contributed by atoms with Crippen LogP contribution in [-0.2, 0) is 35.1 Å². The van der Waals surface area contributed by atoms with E-state index in [2.05, 4.69) is 55.3 Å². The predicted octanol–water partition coefficient (Wildman–Crippen LogP) is 2.59. The van der Waals surface area contributed by atoms with Crippen LogP contribution < -0.4 is 16.0 Å². The van der Waals surface area contributed by atoms with Crippen LogP contribution in [-0.4, -0.2) is 149 Å². The van der Waals surface area contributed by atoms with Gasteiger partial charge in [-0.05, 0) is 36.2 Å². The van der Waals surface area contributed by atoms with Crippen LogP contribution in [0.5, 0.6) is 0 Å². The molecular formula is C42H70N10O6. The Balaban J connectivity index is 1.48. The smallest absolute Gasteiger partial charge is 0.245 e. The fourth-order valence-corrected chi connectivity index (χ4v) is 8.81. The summed E-state index contributed by atoms with van der Waals surface area (Å²) in [7, 11) is 4.91. The molecule has 3 heterocycles. The lowest BCUT2D eigenvalue weighted by molar-refractivity contribution is -0.148. The molecule has 1 aromatic heterocycles. The van der Waals surface area contributed by atoms with Crippen molar-refractivity contribution in [2.24, 2.45) is 23.7 Å². The number of hydrogen-bond donors (Lipinski definition) is 4. The first-order valence-corrected chi connectivity index (χ1v) is 21.2. The Morgan fingerprint density at radius 2 is 1.62 bits per heavy atom. The van der Waals surface area contributed by atoms with E-state index in [0.29, 0.717) is 25.2 Å². The van der Waals surface area contributed by atoms with Crippen LogP contribution in [0, 0.1) is 23.7 Å². The number of piperazine rings is 1. The number of methoxy groups -OCH3 is 2. The van der Waals surface area contributed by atoms with Gasteiger partial charge in [0.15, 0.2) is 5.82 Å². The van der Waals surface area contributed by atoms with Gasteiger partial charge in [0.1, 0.15) is 6.04 Å². The number of rotatable bonds is 21. The van der Waals surface area contributed by atoms with Gasteiger partial charge < -0.3 is 35.2 Å². The van der Waals surface area contributed by atoms with E-state index in [1.807, 2.05) is 69.9 Å². The predicted molar refractivity (Wildman–Crippen MR) is 221 cm³/mol. The highest BCUT2D eigenvalue weighted by Crippen LogP contribution is 2.30. The molecule has 16 heteroatoms. The summed E-state index contributed by atoms with van der Waals surface area (Å²) in [5, 5.41) is 24.1. The topological polar surface area (TPSA) is 187 Å². The van der Waals surface area contributed by atoms with Crippen LogP contribution in [0.25, 0.3) is 0 Å². The number of aromatic nitrogens is 4. The number of benzene rings is 1. The zero-order valence-electron chi connectivity index (χ0n) is 36.4. The minimum Gasteiger partial charge on any atom is -0.379 e. The van der Waals surface area contributed by atoms with Gasteiger partial charge in [-0.2, -0.15) is 5.21 Å². The number of likely N-dealkylation sites (tertiary alicyclic amines) is 1. The fourth-order valence-electron chi connectivity index (χ4n) is 8.81. The van der Waals surface area contributed by atoms with Gasteiger partial charge in [0.05, 0.1) is 48.7 Å². The largest absolute Gasteiger partial charge is 0.379 e. The van der Waals surface area contributed by atoms with Crippen LogP contribution in [0.3, 0.4) is 0 Å². The van der Waals surface area contributed by atoms with Crippen molar-refractivity contribution in [1.29, 1.82) is 0 Å². The van der Waals surface area contributed by atoms with Crippen molar-refractivity contribution < 1.29 is 28.7 Å². The number of aromatic amines is 1. The number of hydrogen-bond acceptors (Lipinski definition) is 11. The molecular weight excluding hydrogens is 741 g/mol. The summed E-state index contributed by atoms with van der Waals surface area (Å²) in [6.07, 6.45) is 1.47. The van der Waals surface area contributed by atoms with E-state index in [-0.39, 0.29) is 59.9 Å². The second-order valence-corrected chi connectivity index (χ2v) is 16.8. The summed E-state index contributed by atoms with van der Waals surface area (Å²) in [6, 6.07) is 7.34. The number of ether oxygens (including phenoxy) is 2. The number of amides is 4. The average Bonchev–Trinajstić information content (AvgIpc) is 3.94. The number of H-pyrrole nitrogens is 1. The second kappa shape index (κ2) is 22.4. The molecule has 2 saturated heterocycles. The normalized spacial score (nSPS) is 20.5. The van der Waals surface area contributed by atoms with Crippen molar-refractivity contribution >= 4 is 23.6 Å². The van der Waals surface area contributed by atoms with E-state index in [1.54, 1.807) is 26.2 Å². The van der Waals surface area contributed by atoms with Gasteiger partial charge in [-0.25, -0.2) is 0 Å². The van der Waals surface area contributed by atoms with Crippen LogP contribution in [0.4, 0.5) is 0 Å². The van der Waals surface area contributed by atoms with Gasteiger partial charge in [-0.3, -0.25) is 24.1 Å². The molecule has 2 aromatic rings. The molecule has 4 rings (SSSR count). The van der Waals surface area contributed by atoms with Crippen LogP contribution in [0.15, 0.2) is 30.3 Å². The van der Waals surface area contributed by atoms with Crippen LogP contribution in [0.2, 0.25) is 0 Å². The van der Waals surface area contributed by atoms with Gasteiger partial charge in [0.2, 0.25) is 23.6 Å².